The molecular formula is C12H15BrFN. The highest BCUT2D eigenvalue weighted by Crippen LogP contribution is 2.26. The van der Waals surface area contributed by atoms with Crippen LogP contribution in [0.25, 0.3) is 0 Å². The summed E-state index contributed by atoms with van der Waals surface area (Å²) < 4.78 is 14.6. The van der Waals surface area contributed by atoms with E-state index in [1.165, 1.54) is 0 Å². The Morgan fingerprint density at radius 1 is 1.53 bits per heavy atom. The van der Waals surface area contributed by atoms with Crippen LogP contribution in [0, 0.1) is 18.7 Å². The number of benzene rings is 1. The minimum atomic E-state index is -0.0670. The van der Waals surface area contributed by atoms with Gasteiger partial charge >= 0.3 is 0 Å². The third kappa shape index (κ3) is 2.40. The number of hydrogen-bond donors (Lipinski definition) is 1. The Kier molecular flexibility index (Phi) is 3.42. The van der Waals surface area contributed by atoms with Gasteiger partial charge < -0.3 is 5.32 Å². The molecule has 3 heteroatoms. The van der Waals surface area contributed by atoms with Gasteiger partial charge in [-0.3, -0.25) is 0 Å². The van der Waals surface area contributed by atoms with Crippen LogP contribution in [0.1, 0.15) is 17.5 Å². The van der Waals surface area contributed by atoms with E-state index < -0.39 is 0 Å². The van der Waals surface area contributed by atoms with E-state index in [1.54, 1.807) is 12.1 Å². The lowest BCUT2D eigenvalue weighted by atomic mass is 9.95. The molecule has 2 rings (SSSR count). The van der Waals surface area contributed by atoms with Crippen LogP contribution in [0.3, 0.4) is 0 Å². The van der Waals surface area contributed by atoms with Gasteiger partial charge in [-0.25, -0.2) is 4.39 Å². The number of halogens is 2. The Morgan fingerprint density at radius 2 is 2.33 bits per heavy atom. The molecule has 1 aliphatic rings. The van der Waals surface area contributed by atoms with Crippen LogP contribution >= 0.6 is 15.9 Å². The summed E-state index contributed by atoms with van der Waals surface area (Å²) in [6.07, 6.45) is 2.01. The maximum atomic E-state index is 13.6. The van der Waals surface area contributed by atoms with Crippen molar-refractivity contribution in [3.63, 3.8) is 0 Å². The highest BCUT2D eigenvalue weighted by molar-refractivity contribution is 9.10. The van der Waals surface area contributed by atoms with Crippen molar-refractivity contribution in [1.82, 2.24) is 5.32 Å². The highest BCUT2D eigenvalue weighted by atomic mass is 79.9. The molecule has 1 aliphatic heterocycles. The van der Waals surface area contributed by atoms with Gasteiger partial charge in [0.1, 0.15) is 5.82 Å². The summed E-state index contributed by atoms with van der Waals surface area (Å²) in [6.45, 7) is 4.07. The van der Waals surface area contributed by atoms with Crippen molar-refractivity contribution in [2.24, 2.45) is 5.92 Å². The zero-order valence-electron chi connectivity index (χ0n) is 8.82. The van der Waals surface area contributed by atoms with Crippen molar-refractivity contribution < 1.29 is 4.39 Å². The standard InChI is InChI=1S/C12H15BrFN/c1-8-10(6-9-4-5-15-7-9)12(14)3-2-11(8)13/h2-3,9,15H,4-7H2,1H3. The van der Waals surface area contributed by atoms with Crippen LogP contribution in [0.15, 0.2) is 16.6 Å². The number of rotatable bonds is 2. The minimum Gasteiger partial charge on any atom is -0.316 e. The van der Waals surface area contributed by atoms with E-state index in [1.807, 2.05) is 6.92 Å². The summed E-state index contributed by atoms with van der Waals surface area (Å²) in [5.41, 5.74) is 1.92. The molecule has 1 saturated heterocycles. The van der Waals surface area contributed by atoms with Gasteiger partial charge in [0.2, 0.25) is 0 Å². The van der Waals surface area contributed by atoms with Crippen LogP contribution < -0.4 is 5.32 Å². The van der Waals surface area contributed by atoms with E-state index >= 15 is 0 Å². The fourth-order valence-electron chi connectivity index (χ4n) is 2.12. The second-order valence-corrected chi connectivity index (χ2v) is 5.05. The SMILES string of the molecule is Cc1c(Br)ccc(F)c1CC1CCNC1. The van der Waals surface area contributed by atoms with Crippen LogP contribution in [0.2, 0.25) is 0 Å². The topological polar surface area (TPSA) is 12.0 Å². The largest absolute Gasteiger partial charge is 0.316 e. The van der Waals surface area contributed by atoms with E-state index in [0.29, 0.717) is 5.92 Å². The van der Waals surface area contributed by atoms with Crippen LogP contribution in [-0.4, -0.2) is 13.1 Å². The molecule has 82 valence electrons. The number of hydrogen-bond acceptors (Lipinski definition) is 1. The second kappa shape index (κ2) is 4.62. The normalized spacial score (nSPS) is 20.9. The van der Waals surface area contributed by atoms with Crippen LogP contribution in [0.4, 0.5) is 4.39 Å². The van der Waals surface area contributed by atoms with Crippen molar-refractivity contribution in [3.05, 3.63) is 33.5 Å². The molecule has 0 aliphatic carbocycles. The Bertz CT molecular complexity index is 359. The molecule has 1 nitrogen and oxygen atoms in total. The Morgan fingerprint density at radius 3 is 3.00 bits per heavy atom. The lowest BCUT2D eigenvalue weighted by Crippen LogP contribution is -2.12. The first-order chi connectivity index (χ1) is 7.18. The molecule has 0 radical (unpaired) electrons. The summed E-state index contributed by atoms with van der Waals surface area (Å²) in [4.78, 5) is 0. The molecule has 0 spiro atoms. The van der Waals surface area contributed by atoms with Gasteiger partial charge in [-0.15, -0.1) is 0 Å². The predicted molar refractivity (Wildman–Crippen MR) is 63.5 cm³/mol. The summed E-state index contributed by atoms with van der Waals surface area (Å²) >= 11 is 3.45. The average Bonchev–Trinajstić information content (AvgIpc) is 2.71. The maximum absolute atomic E-state index is 13.6. The monoisotopic (exact) mass is 271 g/mol. The van der Waals surface area contributed by atoms with Gasteiger partial charge in [0.05, 0.1) is 0 Å². The molecule has 1 aromatic rings. The van der Waals surface area contributed by atoms with E-state index in [2.05, 4.69) is 21.2 Å². The third-order valence-corrected chi connectivity index (χ3v) is 3.99. The van der Waals surface area contributed by atoms with Gasteiger partial charge in [0, 0.05) is 4.47 Å². The fourth-order valence-corrected chi connectivity index (χ4v) is 2.49. The molecule has 0 aromatic heterocycles. The molecule has 0 saturated carbocycles. The van der Waals surface area contributed by atoms with Crippen molar-refractivity contribution in [2.75, 3.05) is 13.1 Å². The van der Waals surface area contributed by atoms with Gasteiger partial charge in [0.15, 0.2) is 0 Å². The molecule has 1 N–H and O–H groups in total. The zero-order chi connectivity index (χ0) is 10.8. The zero-order valence-corrected chi connectivity index (χ0v) is 10.4. The minimum absolute atomic E-state index is 0.0670. The van der Waals surface area contributed by atoms with Gasteiger partial charge in [-0.05, 0) is 62.0 Å². The number of nitrogens with one attached hydrogen (secondary N) is 1. The summed E-state index contributed by atoms with van der Waals surface area (Å²) in [5.74, 6) is 0.523. The third-order valence-electron chi connectivity index (χ3n) is 3.13. The van der Waals surface area contributed by atoms with Crippen LogP contribution in [0.5, 0.6) is 0 Å². The molecule has 1 heterocycles. The first kappa shape index (κ1) is 11.1. The molecule has 15 heavy (non-hydrogen) atoms. The lowest BCUT2D eigenvalue weighted by molar-refractivity contribution is 0.541. The van der Waals surface area contributed by atoms with Gasteiger partial charge in [0.25, 0.3) is 0 Å². The first-order valence-electron chi connectivity index (χ1n) is 5.32. The van der Waals surface area contributed by atoms with E-state index in [0.717, 1.165) is 41.5 Å². The molecule has 1 atom stereocenters. The van der Waals surface area contributed by atoms with Crippen molar-refractivity contribution in [1.29, 1.82) is 0 Å². The maximum Gasteiger partial charge on any atom is 0.126 e. The van der Waals surface area contributed by atoms with Crippen LogP contribution in [-0.2, 0) is 6.42 Å². The Hall–Kier alpha value is -0.410. The predicted octanol–water partition coefficient (Wildman–Crippen LogP) is 3.05. The summed E-state index contributed by atoms with van der Waals surface area (Å²) in [5, 5.41) is 3.31. The second-order valence-electron chi connectivity index (χ2n) is 4.20. The molecule has 0 amide bonds. The summed E-state index contributed by atoms with van der Waals surface area (Å²) in [7, 11) is 0. The summed E-state index contributed by atoms with van der Waals surface area (Å²) in [6, 6.07) is 3.33. The van der Waals surface area contributed by atoms with Crippen molar-refractivity contribution in [3.8, 4) is 0 Å². The Labute approximate surface area is 98.2 Å². The molecule has 0 bridgehead atoms. The first-order valence-corrected chi connectivity index (χ1v) is 6.12. The molecule has 1 aromatic carbocycles. The van der Waals surface area contributed by atoms with E-state index in [-0.39, 0.29) is 5.82 Å². The van der Waals surface area contributed by atoms with Crippen molar-refractivity contribution in [2.45, 2.75) is 19.8 Å². The van der Waals surface area contributed by atoms with Gasteiger partial charge in [-0.2, -0.15) is 0 Å². The smallest absolute Gasteiger partial charge is 0.126 e. The fraction of sp³-hybridized carbons (Fsp3) is 0.500. The highest BCUT2D eigenvalue weighted by Gasteiger charge is 2.18. The molecule has 1 fully saturated rings. The molecule has 1 unspecified atom stereocenters. The lowest BCUT2D eigenvalue weighted by Gasteiger charge is -2.13. The molecular weight excluding hydrogens is 257 g/mol. The van der Waals surface area contributed by atoms with E-state index in [9.17, 15) is 4.39 Å². The van der Waals surface area contributed by atoms with E-state index in [4.69, 9.17) is 0 Å². The quantitative estimate of drug-likeness (QED) is 0.872. The van der Waals surface area contributed by atoms with Crippen molar-refractivity contribution >= 4 is 15.9 Å². The van der Waals surface area contributed by atoms with Gasteiger partial charge in [-0.1, -0.05) is 15.9 Å². The average molecular weight is 272 g/mol. The Balaban J connectivity index is 2.22.